The summed E-state index contributed by atoms with van der Waals surface area (Å²) in [4.78, 5) is 8.65. The van der Waals surface area contributed by atoms with E-state index in [1.165, 1.54) is 74.3 Å². The van der Waals surface area contributed by atoms with Gasteiger partial charge in [-0.1, -0.05) is 60.9 Å². The van der Waals surface area contributed by atoms with Gasteiger partial charge in [-0.25, -0.2) is 9.50 Å². The zero-order chi connectivity index (χ0) is 17.3. The van der Waals surface area contributed by atoms with Crippen molar-refractivity contribution in [2.75, 3.05) is 13.1 Å². The minimum absolute atomic E-state index is 0.648. The third-order valence-corrected chi connectivity index (χ3v) is 6.96. The Labute approximate surface area is 158 Å². The van der Waals surface area contributed by atoms with Gasteiger partial charge in [-0.15, -0.1) is 0 Å². The van der Waals surface area contributed by atoms with Crippen LogP contribution in [0.4, 0.5) is 0 Å². The fourth-order valence-electron chi connectivity index (χ4n) is 4.44. The molecule has 1 saturated heterocycles. The molecule has 1 aromatic carbocycles. The smallest absolute Gasteiger partial charge is 0.213 e. The van der Waals surface area contributed by atoms with E-state index in [1.807, 2.05) is 11.3 Å². The lowest BCUT2D eigenvalue weighted by atomic mass is 9.90. The van der Waals surface area contributed by atoms with E-state index in [4.69, 9.17) is 10.1 Å². The summed E-state index contributed by atoms with van der Waals surface area (Å²) in [5, 5.41) is 6.37. The maximum atomic E-state index is 5.07. The summed E-state index contributed by atoms with van der Waals surface area (Å²) in [6.45, 7) is 3.35. The summed E-state index contributed by atoms with van der Waals surface area (Å²) in [5.74, 6) is 0.648. The molecule has 2 aliphatic rings. The molecule has 5 heteroatoms. The Morgan fingerprint density at radius 2 is 1.73 bits per heavy atom. The standard InChI is InChI=1S/C21H26N4S/c1-3-9-16(10-4-1)19-18(15-24-13-7-8-14-24)25-21(22-19)26-20(23-25)17-11-5-2-6-12-17/h1,3-4,9-10,17H,2,5-8,11-15H2. The zero-order valence-electron chi connectivity index (χ0n) is 15.2. The largest absolute Gasteiger partial charge is 0.297 e. The summed E-state index contributed by atoms with van der Waals surface area (Å²) in [5.41, 5.74) is 3.59. The molecule has 0 amide bonds. The van der Waals surface area contributed by atoms with E-state index < -0.39 is 0 Å². The first-order chi connectivity index (χ1) is 12.9. The predicted molar refractivity (Wildman–Crippen MR) is 107 cm³/mol. The van der Waals surface area contributed by atoms with E-state index in [1.54, 1.807) is 0 Å². The Bertz CT molecular complexity index is 870. The summed E-state index contributed by atoms with van der Waals surface area (Å²) in [6.07, 6.45) is 9.30. The van der Waals surface area contributed by atoms with Crippen LogP contribution in [0.5, 0.6) is 0 Å². The molecule has 0 N–H and O–H groups in total. The van der Waals surface area contributed by atoms with E-state index in [9.17, 15) is 0 Å². The highest BCUT2D eigenvalue weighted by molar-refractivity contribution is 7.16. The fourth-order valence-corrected chi connectivity index (χ4v) is 5.53. The number of rotatable bonds is 4. The number of benzene rings is 1. The van der Waals surface area contributed by atoms with Crippen LogP contribution in [0.2, 0.25) is 0 Å². The van der Waals surface area contributed by atoms with Crippen LogP contribution in [0.25, 0.3) is 16.2 Å². The molecule has 136 valence electrons. The lowest BCUT2D eigenvalue weighted by Crippen LogP contribution is -2.20. The van der Waals surface area contributed by atoms with Crippen molar-refractivity contribution in [2.45, 2.75) is 57.4 Å². The van der Waals surface area contributed by atoms with Crippen LogP contribution in [-0.4, -0.2) is 32.6 Å². The average Bonchev–Trinajstić information content (AvgIpc) is 3.41. The minimum Gasteiger partial charge on any atom is -0.297 e. The van der Waals surface area contributed by atoms with Crippen molar-refractivity contribution < 1.29 is 0 Å². The fraction of sp³-hybridized carbons (Fsp3) is 0.524. The second-order valence-corrected chi connectivity index (χ2v) is 8.71. The molecule has 1 aliphatic heterocycles. The molecule has 2 fully saturated rings. The number of nitrogens with zero attached hydrogens (tertiary/aromatic N) is 4. The Morgan fingerprint density at radius 3 is 2.50 bits per heavy atom. The molecule has 0 atom stereocenters. The molecule has 3 aromatic rings. The van der Waals surface area contributed by atoms with Gasteiger partial charge in [0.1, 0.15) is 5.01 Å². The first-order valence-electron chi connectivity index (χ1n) is 10.0. The first kappa shape index (κ1) is 16.5. The number of hydrogen-bond donors (Lipinski definition) is 0. The molecule has 0 unspecified atom stereocenters. The first-order valence-corrected chi connectivity index (χ1v) is 10.9. The van der Waals surface area contributed by atoms with Gasteiger partial charge in [0.25, 0.3) is 0 Å². The minimum atomic E-state index is 0.648. The normalized spacial score (nSPS) is 19.5. The molecule has 4 nitrogen and oxygen atoms in total. The number of fused-ring (bicyclic) bond motifs is 1. The van der Waals surface area contributed by atoms with Gasteiger partial charge in [-0.3, -0.25) is 4.90 Å². The van der Waals surface area contributed by atoms with Crippen LogP contribution in [0.3, 0.4) is 0 Å². The topological polar surface area (TPSA) is 33.4 Å². The quantitative estimate of drug-likeness (QED) is 0.644. The highest BCUT2D eigenvalue weighted by Crippen LogP contribution is 2.36. The Kier molecular flexibility index (Phi) is 4.51. The van der Waals surface area contributed by atoms with Crippen LogP contribution in [-0.2, 0) is 6.54 Å². The predicted octanol–water partition coefficient (Wildman–Crippen LogP) is 5.10. The van der Waals surface area contributed by atoms with E-state index in [0.717, 1.165) is 17.2 Å². The van der Waals surface area contributed by atoms with Gasteiger partial charge >= 0.3 is 0 Å². The second-order valence-electron chi connectivity index (χ2n) is 7.73. The van der Waals surface area contributed by atoms with Crippen molar-refractivity contribution in [1.82, 2.24) is 19.5 Å². The van der Waals surface area contributed by atoms with E-state index in [-0.39, 0.29) is 0 Å². The van der Waals surface area contributed by atoms with Crippen LogP contribution >= 0.6 is 11.3 Å². The number of likely N-dealkylation sites (tertiary alicyclic amines) is 1. The second kappa shape index (κ2) is 7.12. The number of imidazole rings is 1. The summed E-state index contributed by atoms with van der Waals surface area (Å²) in [7, 11) is 0. The lowest BCUT2D eigenvalue weighted by molar-refractivity contribution is 0.325. The molecular weight excluding hydrogens is 340 g/mol. The van der Waals surface area contributed by atoms with Crippen LogP contribution < -0.4 is 0 Å². The van der Waals surface area contributed by atoms with Gasteiger partial charge in [0, 0.05) is 18.0 Å². The van der Waals surface area contributed by atoms with Crippen molar-refractivity contribution in [3.05, 3.63) is 41.0 Å². The summed E-state index contributed by atoms with van der Waals surface area (Å²) < 4.78 is 2.16. The molecule has 2 aromatic heterocycles. The molecule has 1 aliphatic carbocycles. The summed E-state index contributed by atoms with van der Waals surface area (Å²) >= 11 is 1.81. The zero-order valence-corrected chi connectivity index (χ0v) is 16.0. The SMILES string of the molecule is c1ccc(-c2nc3sc(C4CCCCC4)nn3c2CN2CCCC2)cc1. The third kappa shape index (κ3) is 3.08. The molecule has 5 rings (SSSR count). The average molecular weight is 367 g/mol. The molecule has 3 heterocycles. The third-order valence-electron chi connectivity index (χ3n) is 5.89. The maximum absolute atomic E-state index is 5.07. The van der Waals surface area contributed by atoms with Gasteiger partial charge in [0.05, 0.1) is 11.4 Å². The number of hydrogen-bond acceptors (Lipinski definition) is 4. The van der Waals surface area contributed by atoms with Crippen molar-refractivity contribution in [3.63, 3.8) is 0 Å². The van der Waals surface area contributed by atoms with E-state index >= 15 is 0 Å². The van der Waals surface area contributed by atoms with Crippen molar-refractivity contribution in [1.29, 1.82) is 0 Å². The van der Waals surface area contributed by atoms with Crippen LogP contribution in [0.15, 0.2) is 30.3 Å². The molecule has 0 spiro atoms. The Morgan fingerprint density at radius 1 is 0.962 bits per heavy atom. The van der Waals surface area contributed by atoms with Crippen molar-refractivity contribution in [3.8, 4) is 11.3 Å². The highest BCUT2D eigenvalue weighted by atomic mass is 32.1. The summed E-state index contributed by atoms with van der Waals surface area (Å²) in [6, 6.07) is 10.6. The van der Waals surface area contributed by atoms with Gasteiger partial charge in [0.2, 0.25) is 4.96 Å². The van der Waals surface area contributed by atoms with Gasteiger partial charge < -0.3 is 0 Å². The van der Waals surface area contributed by atoms with Crippen LogP contribution in [0.1, 0.15) is 61.6 Å². The van der Waals surface area contributed by atoms with E-state index in [2.05, 4.69) is 39.7 Å². The Hall–Kier alpha value is -1.72. The molecular formula is C21H26N4S. The Balaban J connectivity index is 1.56. The van der Waals surface area contributed by atoms with Crippen molar-refractivity contribution >= 4 is 16.3 Å². The van der Waals surface area contributed by atoms with Crippen LogP contribution in [0, 0.1) is 0 Å². The van der Waals surface area contributed by atoms with Gasteiger partial charge in [-0.2, -0.15) is 5.10 Å². The van der Waals surface area contributed by atoms with Gasteiger partial charge in [0.15, 0.2) is 0 Å². The molecule has 0 bridgehead atoms. The van der Waals surface area contributed by atoms with Gasteiger partial charge in [-0.05, 0) is 38.8 Å². The maximum Gasteiger partial charge on any atom is 0.213 e. The monoisotopic (exact) mass is 366 g/mol. The molecule has 0 radical (unpaired) electrons. The lowest BCUT2D eigenvalue weighted by Gasteiger charge is -2.18. The molecule has 26 heavy (non-hydrogen) atoms. The highest BCUT2D eigenvalue weighted by Gasteiger charge is 2.25. The molecule has 1 saturated carbocycles. The number of aromatic nitrogens is 3. The van der Waals surface area contributed by atoms with E-state index in [0.29, 0.717) is 5.92 Å². The van der Waals surface area contributed by atoms with Crippen molar-refractivity contribution in [2.24, 2.45) is 0 Å².